The van der Waals surface area contributed by atoms with E-state index in [1.165, 1.54) is 4.31 Å². The van der Waals surface area contributed by atoms with Gasteiger partial charge in [0.25, 0.3) is 0 Å². The molecule has 0 radical (unpaired) electrons. The fraction of sp³-hybridized carbons (Fsp3) is 0.900. The molecule has 92 valence electrons. The number of nitrogens with zero attached hydrogens (tertiary/aromatic N) is 2. The van der Waals surface area contributed by atoms with Crippen LogP contribution in [0.4, 0.5) is 0 Å². The summed E-state index contributed by atoms with van der Waals surface area (Å²) in [5.74, 6) is 0. The molecule has 1 aliphatic rings. The predicted molar refractivity (Wildman–Crippen MR) is 62.3 cm³/mol. The van der Waals surface area contributed by atoms with E-state index >= 15 is 0 Å². The highest BCUT2D eigenvalue weighted by Gasteiger charge is 2.41. The van der Waals surface area contributed by atoms with E-state index in [2.05, 4.69) is 5.32 Å². The van der Waals surface area contributed by atoms with Crippen LogP contribution in [0, 0.1) is 11.3 Å². The zero-order chi connectivity index (χ0) is 12.4. The molecule has 1 unspecified atom stereocenters. The predicted octanol–water partition coefficient (Wildman–Crippen LogP) is 0.302. The first-order valence-electron chi connectivity index (χ1n) is 5.48. The summed E-state index contributed by atoms with van der Waals surface area (Å²) >= 11 is 0. The fourth-order valence-electron chi connectivity index (χ4n) is 1.96. The van der Waals surface area contributed by atoms with Gasteiger partial charge in [0.2, 0.25) is 10.0 Å². The minimum atomic E-state index is -3.50. The molecule has 1 rings (SSSR count). The Morgan fingerprint density at radius 2 is 2.19 bits per heavy atom. The quantitative estimate of drug-likeness (QED) is 0.776. The van der Waals surface area contributed by atoms with Crippen molar-refractivity contribution in [3.05, 3.63) is 0 Å². The van der Waals surface area contributed by atoms with Gasteiger partial charge in [0.05, 0.1) is 6.07 Å². The van der Waals surface area contributed by atoms with Gasteiger partial charge in [-0.25, -0.2) is 8.42 Å². The highest BCUT2D eigenvalue weighted by atomic mass is 32.2. The van der Waals surface area contributed by atoms with E-state index < -0.39 is 20.8 Å². The number of sulfonamides is 1. The van der Waals surface area contributed by atoms with Crippen molar-refractivity contribution in [2.24, 2.45) is 0 Å². The number of hydrogen-bond acceptors (Lipinski definition) is 4. The molecule has 0 aromatic rings. The largest absolute Gasteiger partial charge is 0.314 e. The zero-order valence-corrected chi connectivity index (χ0v) is 10.8. The van der Waals surface area contributed by atoms with E-state index in [9.17, 15) is 8.42 Å². The number of piperazine rings is 1. The number of rotatable bonds is 3. The van der Waals surface area contributed by atoms with Crippen LogP contribution in [0.15, 0.2) is 0 Å². The monoisotopic (exact) mass is 245 g/mol. The maximum Gasteiger partial charge on any atom is 0.231 e. The van der Waals surface area contributed by atoms with Crippen molar-refractivity contribution in [2.75, 3.05) is 19.6 Å². The van der Waals surface area contributed by atoms with E-state index in [4.69, 9.17) is 5.26 Å². The Morgan fingerprint density at radius 3 is 2.62 bits per heavy atom. The van der Waals surface area contributed by atoms with E-state index in [-0.39, 0.29) is 0 Å². The van der Waals surface area contributed by atoms with Gasteiger partial charge >= 0.3 is 0 Å². The zero-order valence-electron chi connectivity index (χ0n) is 10.0. The van der Waals surface area contributed by atoms with Gasteiger partial charge in [0.1, 0.15) is 0 Å². The molecule has 1 fully saturated rings. The molecule has 5 nitrogen and oxygen atoms in total. The van der Waals surface area contributed by atoms with Crippen LogP contribution in [0.5, 0.6) is 0 Å². The lowest BCUT2D eigenvalue weighted by atomic mass is 10.0. The first kappa shape index (κ1) is 13.4. The molecule has 0 aliphatic carbocycles. The lowest BCUT2D eigenvalue weighted by Gasteiger charge is -2.42. The van der Waals surface area contributed by atoms with Gasteiger partial charge in [0.15, 0.2) is 5.25 Å². The van der Waals surface area contributed by atoms with Crippen LogP contribution in [-0.4, -0.2) is 43.1 Å². The lowest BCUT2D eigenvalue weighted by Crippen LogP contribution is -2.61. The minimum absolute atomic E-state index is 0.332. The molecule has 1 saturated heterocycles. The SMILES string of the molecule is CCC(C#N)S(=O)(=O)N1CCNCC1(C)C. The molecule has 0 aromatic carbocycles. The average Bonchev–Trinajstić information content (AvgIpc) is 2.17. The number of nitrogens with one attached hydrogen (secondary N) is 1. The van der Waals surface area contributed by atoms with Gasteiger partial charge in [-0.3, -0.25) is 0 Å². The molecule has 1 aliphatic heterocycles. The molecular formula is C10H19N3O2S. The van der Waals surface area contributed by atoms with Gasteiger partial charge < -0.3 is 5.32 Å². The Labute approximate surface area is 97.5 Å². The van der Waals surface area contributed by atoms with Crippen LogP contribution in [0.1, 0.15) is 27.2 Å². The van der Waals surface area contributed by atoms with Gasteiger partial charge in [-0.1, -0.05) is 6.92 Å². The van der Waals surface area contributed by atoms with Crippen molar-refractivity contribution in [1.82, 2.24) is 9.62 Å². The highest BCUT2D eigenvalue weighted by molar-refractivity contribution is 7.90. The van der Waals surface area contributed by atoms with Crippen molar-refractivity contribution >= 4 is 10.0 Å². The Bertz CT molecular complexity index is 383. The topological polar surface area (TPSA) is 73.2 Å². The normalized spacial score (nSPS) is 23.6. The summed E-state index contributed by atoms with van der Waals surface area (Å²) in [6.45, 7) is 7.17. The third-order valence-electron chi connectivity index (χ3n) is 2.91. The van der Waals surface area contributed by atoms with E-state index in [0.29, 0.717) is 26.1 Å². The van der Waals surface area contributed by atoms with Crippen LogP contribution in [-0.2, 0) is 10.0 Å². The third kappa shape index (κ3) is 2.37. The van der Waals surface area contributed by atoms with E-state index in [1.54, 1.807) is 6.92 Å². The second-order valence-electron chi connectivity index (χ2n) is 4.63. The van der Waals surface area contributed by atoms with Crippen molar-refractivity contribution in [1.29, 1.82) is 5.26 Å². The summed E-state index contributed by atoms with van der Waals surface area (Å²) in [4.78, 5) is 0. The number of nitriles is 1. The second kappa shape index (κ2) is 4.70. The first-order valence-corrected chi connectivity index (χ1v) is 6.98. The summed E-state index contributed by atoms with van der Waals surface area (Å²) in [5, 5.41) is 11.1. The minimum Gasteiger partial charge on any atom is -0.314 e. The Balaban J connectivity index is 3.03. The summed E-state index contributed by atoms with van der Waals surface area (Å²) < 4.78 is 25.9. The van der Waals surface area contributed by atoms with Crippen LogP contribution in [0.25, 0.3) is 0 Å². The third-order valence-corrected chi connectivity index (χ3v) is 5.35. The molecule has 1 N–H and O–H groups in total. The summed E-state index contributed by atoms with van der Waals surface area (Å²) in [5.41, 5.74) is -0.457. The molecule has 1 heterocycles. The molecule has 0 amide bonds. The molecule has 0 saturated carbocycles. The molecule has 6 heteroatoms. The standard InChI is InChI=1S/C10H19N3O2S/c1-4-9(7-11)16(14,15)13-6-5-12-8-10(13,2)3/h9,12H,4-6,8H2,1-3H3. The molecule has 0 aromatic heterocycles. The molecule has 0 bridgehead atoms. The van der Waals surface area contributed by atoms with Crippen molar-refractivity contribution in [2.45, 2.75) is 38.0 Å². The lowest BCUT2D eigenvalue weighted by molar-refractivity contribution is 0.185. The van der Waals surface area contributed by atoms with Crippen molar-refractivity contribution in [3.8, 4) is 6.07 Å². The number of hydrogen-bond donors (Lipinski definition) is 1. The average molecular weight is 245 g/mol. The fourth-order valence-corrected chi connectivity index (χ4v) is 3.92. The first-order chi connectivity index (χ1) is 7.36. The van der Waals surface area contributed by atoms with Gasteiger partial charge in [0, 0.05) is 25.2 Å². The molecular weight excluding hydrogens is 226 g/mol. The molecule has 0 spiro atoms. The Morgan fingerprint density at radius 1 is 1.56 bits per heavy atom. The van der Waals surface area contributed by atoms with Crippen LogP contribution in [0.3, 0.4) is 0 Å². The molecule has 1 atom stereocenters. The van der Waals surface area contributed by atoms with Crippen molar-refractivity contribution in [3.63, 3.8) is 0 Å². The Kier molecular flexibility index (Phi) is 3.94. The van der Waals surface area contributed by atoms with E-state index in [1.807, 2.05) is 19.9 Å². The van der Waals surface area contributed by atoms with Crippen molar-refractivity contribution < 1.29 is 8.42 Å². The highest BCUT2D eigenvalue weighted by Crippen LogP contribution is 2.24. The van der Waals surface area contributed by atoms with Crippen LogP contribution in [0.2, 0.25) is 0 Å². The molecule has 16 heavy (non-hydrogen) atoms. The summed E-state index contributed by atoms with van der Waals surface area (Å²) in [7, 11) is -3.50. The van der Waals surface area contributed by atoms with E-state index in [0.717, 1.165) is 0 Å². The second-order valence-corrected chi connectivity index (χ2v) is 6.67. The van der Waals surface area contributed by atoms with Gasteiger partial charge in [-0.05, 0) is 20.3 Å². The maximum absolute atomic E-state index is 12.2. The van der Waals surface area contributed by atoms with Crippen LogP contribution >= 0.6 is 0 Å². The summed E-state index contributed by atoms with van der Waals surface area (Å²) in [6, 6.07) is 1.88. The maximum atomic E-state index is 12.2. The van der Waals surface area contributed by atoms with Gasteiger partial charge in [-0.2, -0.15) is 9.57 Å². The summed E-state index contributed by atoms with van der Waals surface area (Å²) in [6.07, 6.45) is 0.332. The van der Waals surface area contributed by atoms with Gasteiger partial charge in [-0.15, -0.1) is 0 Å². The smallest absolute Gasteiger partial charge is 0.231 e. The van der Waals surface area contributed by atoms with Crippen LogP contribution < -0.4 is 5.32 Å². The Hall–Kier alpha value is -0.640.